The minimum Gasteiger partial charge on any atom is -0.497 e. The van der Waals surface area contributed by atoms with Crippen LogP contribution in [0.1, 0.15) is 24.0 Å². The van der Waals surface area contributed by atoms with Gasteiger partial charge in [-0.1, -0.05) is 24.3 Å². The van der Waals surface area contributed by atoms with E-state index in [9.17, 15) is 9.59 Å². The van der Waals surface area contributed by atoms with Crippen LogP contribution >= 0.6 is 0 Å². The number of amides is 2. The molecule has 0 aromatic heterocycles. The summed E-state index contributed by atoms with van der Waals surface area (Å²) in [7, 11) is 1.61. The van der Waals surface area contributed by atoms with Gasteiger partial charge in [0, 0.05) is 18.7 Å². The quantitative estimate of drug-likeness (QED) is 0.765. The van der Waals surface area contributed by atoms with Gasteiger partial charge >= 0.3 is 0 Å². The Morgan fingerprint density at radius 3 is 2.62 bits per heavy atom. The average molecular weight is 351 g/mol. The third-order valence-corrected chi connectivity index (χ3v) is 3.71. The van der Waals surface area contributed by atoms with E-state index in [4.69, 9.17) is 10.00 Å². The van der Waals surface area contributed by atoms with Crippen LogP contribution in [0.25, 0.3) is 0 Å². The number of ether oxygens (including phenoxy) is 1. The Labute approximate surface area is 152 Å². The molecular weight excluding hydrogens is 330 g/mol. The maximum Gasteiger partial charge on any atom is 0.234 e. The third kappa shape index (κ3) is 6.29. The number of anilines is 1. The van der Waals surface area contributed by atoms with Gasteiger partial charge in [-0.25, -0.2) is 0 Å². The smallest absolute Gasteiger partial charge is 0.234 e. The zero-order valence-electron chi connectivity index (χ0n) is 14.6. The lowest BCUT2D eigenvalue weighted by molar-refractivity contribution is -0.120. The van der Waals surface area contributed by atoms with Crippen LogP contribution in [0.4, 0.5) is 5.69 Å². The Morgan fingerprint density at radius 1 is 1.08 bits per heavy atom. The second kappa shape index (κ2) is 9.84. The van der Waals surface area contributed by atoms with E-state index in [1.54, 1.807) is 25.3 Å². The molecule has 2 aromatic carbocycles. The number of methoxy groups -OCH3 is 1. The Bertz CT molecular complexity index is 812. The molecule has 2 N–H and O–H groups in total. The highest BCUT2D eigenvalue weighted by atomic mass is 16.5. The molecule has 0 bridgehead atoms. The van der Waals surface area contributed by atoms with Crippen LogP contribution < -0.4 is 15.4 Å². The number of rotatable bonds is 8. The number of hydrogen-bond donors (Lipinski definition) is 2. The average Bonchev–Trinajstić information content (AvgIpc) is 2.65. The summed E-state index contributed by atoms with van der Waals surface area (Å²) in [5.41, 5.74) is 2.56. The van der Waals surface area contributed by atoms with Crippen LogP contribution in [-0.4, -0.2) is 18.9 Å². The fraction of sp³-hybridized carbons (Fsp3) is 0.250. The van der Waals surface area contributed by atoms with Gasteiger partial charge in [-0.15, -0.1) is 0 Å². The monoisotopic (exact) mass is 351 g/mol. The minimum absolute atomic E-state index is 0.0847. The zero-order chi connectivity index (χ0) is 18.8. The molecule has 0 aliphatic heterocycles. The normalized spacial score (nSPS) is 9.85. The lowest BCUT2D eigenvalue weighted by atomic mass is 10.1. The van der Waals surface area contributed by atoms with Crippen molar-refractivity contribution in [1.29, 1.82) is 5.26 Å². The van der Waals surface area contributed by atoms with Crippen molar-refractivity contribution in [3.63, 3.8) is 0 Å². The molecule has 26 heavy (non-hydrogen) atoms. The number of nitriles is 1. The molecule has 0 atom stereocenters. The summed E-state index contributed by atoms with van der Waals surface area (Å²) < 4.78 is 5.18. The van der Waals surface area contributed by atoms with Crippen molar-refractivity contribution in [2.75, 3.05) is 12.4 Å². The molecule has 0 aliphatic carbocycles. The van der Waals surface area contributed by atoms with Crippen molar-refractivity contribution in [2.45, 2.75) is 25.8 Å². The van der Waals surface area contributed by atoms with Crippen molar-refractivity contribution in [3.8, 4) is 11.8 Å². The van der Waals surface area contributed by atoms with Crippen LogP contribution in [0.5, 0.6) is 5.75 Å². The summed E-state index contributed by atoms with van der Waals surface area (Å²) in [6, 6.07) is 16.7. The molecule has 6 heteroatoms. The summed E-state index contributed by atoms with van der Waals surface area (Å²) in [6.07, 6.45) is 0.809. The fourth-order valence-corrected chi connectivity index (χ4v) is 2.40. The minimum atomic E-state index is -0.319. The first-order chi connectivity index (χ1) is 12.6. The number of hydrogen-bond acceptors (Lipinski definition) is 4. The molecule has 2 rings (SSSR count). The highest BCUT2D eigenvalue weighted by Crippen LogP contribution is 2.15. The van der Waals surface area contributed by atoms with Gasteiger partial charge in [0.1, 0.15) is 12.2 Å². The predicted molar refractivity (Wildman–Crippen MR) is 98.5 cm³/mol. The number of carbonyl (C=O) groups is 2. The summed E-state index contributed by atoms with van der Waals surface area (Å²) >= 11 is 0. The van der Waals surface area contributed by atoms with E-state index in [0.29, 0.717) is 25.1 Å². The Kier molecular flexibility index (Phi) is 7.19. The van der Waals surface area contributed by atoms with Crippen molar-refractivity contribution in [1.82, 2.24) is 5.32 Å². The molecule has 0 aliphatic rings. The van der Waals surface area contributed by atoms with Gasteiger partial charge in [0.15, 0.2) is 0 Å². The van der Waals surface area contributed by atoms with Crippen LogP contribution in [0.2, 0.25) is 0 Å². The highest BCUT2D eigenvalue weighted by Gasteiger charge is 2.06. The summed E-state index contributed by atoms with van der Waals surface area (Å²) in [5, 5.41) is 14.0. The van der Waals surface area contributed by atoms with Crippen molar-refractivity contribution < 1.29 is 14.3 Å². The maximum atomic E-state index is 12.2. The van der Waals surface area contributed by atoms with Crippen LogP contribution in [-0.2, 0) is 22.6 Å². The van der Waals surface area contributed by atoms with Crippen molar-refractivity contribution in [2.24, 2.45) is 0 Å². The SMILES string of the molecule is COc1cccc(CCC(=O)Nc2cccc(CNC(=O)CC#N)c2)c1. The first kappa shape index (κ1) is 19.0. The lowest BCUT2D eigenvalue weighted by Gasteiger charge is -2.09. The molecule has 2 aromatic rings. The van der Waals surface area contributed by atoms with E-state index >= 15 is 0 Å². The molecular formula is C20H21N3O3. The molecule has 0 fully saturated rings. The summed E-state index contributed by atoms with van der Waals surface area (Å²) in [4.78, 5) is 23.5. The van der Waals surface area contributed by atoms with E-state index in [-0.39, 0.29) is 18.2 Å². The Morgan fingerprint density at radius 2 is 1.85 bits per heavy atom. The Balaban J connectivity index is 1.85. The van der Waals surface area contributed by atoms with Gasteiger partial charge in [-0.3, -0.25) is 9.59 Å². The molecule has 134 valence electrons. The number of benzene rings is 2. The highest BCUT2D eigenvalue weighted by molar-refractivity contribution is 5.90. The van der Waals surface area contributed by atoms with E-state index in [2.05, 4.69) is 10.6 Å². The molecule has 0 unspecified atom stereocenters. The summed E-state index contributed by atoms with van der Waals surface area (Å²) in [6.45, 7) is 0.314. The van der Waals surface area contributed by atoms with Gasteiger partial charge in [0.2, 0.25) is 11.8 Å². The maximum absolute atomic E-state index is 12.2. The van der Waals surface area contributed by atoms with Crippen molar-refractivity contribution >= 4 is 17.5 Å². The molecule has 0 saturated carbocycles. The zero-order valence-corrected chi connectivity index (χ0v) is 14.6. The van der Waals surface area contributed by atoms with Crippen LogP contribution in [0, 0.1) is 11.3 Å². The van der Waals surface area contributed by atoms with Gasteiger partial charge in [0.05, 0.1) is 13.2 Å². The standard InChI is InChI=1S/C20H21N3O3/c1-26-18-7-3-4-15(13-18)8-9-20(25)23-17-6-2-5-16(12-17)14-22-19(24)10-11-21/h2-7,12-13H,8-10,14H2,1H3,(H,22,24)(H,23,25). The molecule has 2 amide bonds. The molecule has 0 saturated heterocycles. The van der Waals surface area contributed by atoms with E-state index in [1.165, 1.54) is 0 Å². The number of carbonyl (C=O) groups excluding carboxylic acids is 2. The van der Waals surface area contributed by atoms with Gasteiger partial charge in [-0.2, -0.15) is 5.26 Å². The second-order valence-electron chi connectivity index (χ2n) is 5.71. The van der Waals surface area contributed by atoms with Gasteiger partial charge in [0.25, 0.3) is 0 Å². The Hall–Kier alpha value is -3.33. The van der Waals surface area contributed by atoms with E-state index in [1.807, 2.05) is 36.4 Å². The largest absolute Gasteiger partial charge is 0.497 e. The second-order valence-corrected chi connectivity index (χ2v) is 5.71. The molecule has 6 nitrogen and oxygen atoms in total. The van der Waals surface area contributed by atoms with Gasteiger partial charge < -0.3 is 15.4 Å². The van der Waals surface area contributed by atoms with E-state index in [0.717, 1.165) is 16.9 Å². The fourth-order valence-electron chi connectivity index (χ4n) is 2.40. The van der Waals surface area contributed by atoms with Crippen molar-refractivity contribution in [3.05, 3.63) is 59.7 Å². The molecule has 0 radical (unpaired) electrons. The van der Waals surface area contributed by atoms with E-state index < -0.39 is 0 Å². The number of nitrogens with zero attached hydrogens (tertiary/aromatic N) is 1. The first-order valence-electron chi connectivity index (χ1n) is 8.26. The number of aryl methyl sites for hydroxylation is 1. The topological polar surface area (TPSA) is 91.2 Å². The summed E-state index contributed by atoms with van der Waals surface area (Å²) in [5.74, 6) is 0.368. The van der Waals surface area contributed by atoms with Gasteiger partial charge in [-0.05, 0) is 41.8 Å². The third-order valence-electron chi connectivity index (χ3n) is 3.71. The predicted octanol–water partition coefficient (Wildman–Crippen LogP) is 2.80. The number of nitrogens with one attached hydrogen (secondary N) is 2. The lowest BCUT2D eigenvalue weighted by Crippen LogP contribution is -2.22. The first-order valence-corrected chi connectivity index (χ1v) is 8.26. The molecule has 0 heterocycles. The van der Waals surface area contributed by atoms with Crippen LogP contribution in [0.3, 0.4) is 0 Å². The molecule has 0 spiro atoms. The van der Waals surface area contributed by atoms with Crippen LogP contribution in [0.15, 0.2) is 48.5 Å².